The Morgan fingerprint density at radius 1 is 1.29 bits per heavy atom. The van der Waals surface area contributed by atoms with Gasteiger partial charge in [-0.25, -0.2) is 0 Å². The van der Waals surface area contributed by atoms with E-state index >= 15 is 0 Å². The van der Waals surface area contributed by atoms with Gasteiger partial charge in [0.1, 0.15) is 0 Å². The number of rotatable bonds is 3. The Morgan fingerprint density at radius 3 is 2.36 bits per heavy atom. The Morgan fingerprint density at radius 2 is 1.86 bits per heavy atom. The van der Waals surface area contributed by atoms with Gasteiger partial charge in [-0.15, -0.1) is 0 Å². The average molecular weight is 256 g/mol. The SMILES string of the molecule is CC(C)C(Br)C(=O)Nc1ccccc1. The third-order valence-electron chi connectivity index (χ3n) is 1.88. The second kappa shape index (κ2) is 5.15. The molecule has 0 fully saturated rings. The quantitative estimate of drug-likeness (QED) is 0.827. The highest BCUT2D eigenvalue weighted by atomic mass is 79.9. The molecule has 2 nitrogen and oxygen atoms in total. The standard InChI is InChI=1S/C11H14BrNO/c1-8(2)10(12)11(14)13-9-6-4-3-5-7-9/h3-8,10H,1-2H3,(H,13,14). The molecule has 1 unspecified atom stereocenters. The average Bonchev–Trinajstić information content (AvgIpc) is 2.18. The fraction of sp³-hybridized carbons (Fsp3) is 0.364. The molecule has 3 heteroatoms. The van der Waals surface area contributed by atoms with Crippen LogP contribution in [0.5, 0.6) is 0 Å². The molecule has 0 aliphatic carbocycles. The molecule has 0 radical (unpaired) electrons. The Labute approximate surface area is 92.8 Å². The molecular weight excluding hydrogens is 242 g/mol. The maximum absolute atomic E-state index is 11.6. The van der Waals surface area contributed by atoms with Crippen LogP contribution in [0, 0.1) is 5.92 Å². The van der Waals surface area contributed by atoms with Crippen LogP contribution < -0.4 is 5.32 Å². The van der Waals surface area contributed by atoms with E-state index in [4.69, 9.17) is 0 Å². The van der Waals surface area contributed by atoms with Crippen LogP contribution in [0.1, 0.15) is 13.8 Å². The van der Waals surface area contributed by atoms with Gasteiger partial charge in [0.15, 0.2) is 0 Å². The topological polar surface area (TPSA) is 29.1 Å². The Balaban J connectivity index is 2.58. The predicted molar refractivity (Wildman–Crippen MR) is 62.6 cm³/mol. The zero-order chi connectivity index (χ0) is 10.6. The third-order valence-corrected chi connectivity index (χ3v) is 3.35. The highest BCUT2D eigenvalue weighted by Gasteiger charge is 2.18. The number of hydrogen-bond donors (Lipinski definition) is 1. The summed E-state index contributed by atoms with van der Waals surface area (Å²) in [5.41, 5.74) is 0.836. The third kappa shape index (κ3) is 3.14. The number of hydrogen-bond acceptors (Lipinski definition) is 1. The molecule has 1 aromatic rings. The maximum atomic E-state index is 11.6. The molecule has 0 saturated heterocycles. The van der Waals surface area contributed by atoms with Crippen LogP contribution >= 0.6 is 15.9 Å². The molecule has 0 saturated carbocycles. The van der Waals surface area contributed by atoms with Gasteiger partial charge >= 0.3 is 0 Å². The summed E-state index contributed by atoms with van der Waals surface area (Å²) in [5.74, 6) is 0.296. The molecular formula is C11H14BrNO. The van der Waals surface area contributed by atoms with Gasteiger partial charge in [0.05, 0.1) is 4.83 Å². The molecule has 0 aromatic heterocycles. The zero-order valence-corrected chi connectivity index (χ0v) is 9.91. The lowest BCUT2D eigenvalue weighted by Crippen LogP contribution is -2.26. The summed E-state index contributed by atoms with van der Waals surface area (Å²) in [7, 11) is 0. The number of carbonyl (C=O) groups is 1. The van der Waals surface area contributed by atoms with E-state index in [1.165, 1.54) is 0 Å². The van der Waals surface area contributed by atoms with Crippen LogP contribution in [0.3, 0.4) is 0 Å². The first kappa shape index (κ1) is 11.2. The number of halogens is 1. The van der Waals surface area contributed by atoms with E-state index in [1.807, 2.05) is 44.2 Å². The van der Waals surface area contributed by atoms with Gasteiger partial charge in [-0.3, -0.25) is 4.79 Å². The van der Waals surface area contributed by atoms with Crippen molar-refractivity contribution in [3.63, 3.8) is 0 Å². The molecule has 1 aromatic carbocycles. The summed E-state index contributed by atoms with van der Waals surface area (Å²) >= 11 is 3.35. The van der Waals surface area contributed by atoms with Crippen molar-refractivity contribution < 1.29 is 4.79 Å². The first-order chi connectivity index (χ1) is 6.61. The van der Waals surface area contributed by atoms with Crippen molar-refractivity contribution in [1.29, 1.82) is 0 Å². The Kier molecular flexibility index (Phi) is 4.14. The molecule has 0 aliphatic heterocycles. The summed E-state index contributed by atoms with van der Waals surface area (Å²) in [5, 5.41) is 2.84. The Bertz CT molecular complexity index is 297. The molecule has 0 heterocycles. The minimum absolute atomic E-state index is 0.00574. The van der Waals surface area contributed by atoms with Crippen molar-refractivity contribution in [2.75, 3.05) is 5.32 Å². The van der Waals surface area contributed by atoms with Crippen LogP contribution in [-0.2, 0) is 4.79 Å². The van der Waals surface area contributed by atoms with Crippen LogP contribution in [0.4, 0.5) is 5.69 Å². The van der Waals surface area contributed by atoms with Gasteiger partial charge in [-0.2, -0.15) is 0 Å². The molecule has 14 heavy (non-hydrogen) atoms. The second-order valence-corrected chi connectivity index (χ2v) is 4.49. The summed E-state index contributed by atoms with van der Waals surface area (Å²) < 4.78 is 0. The number of benzene rings is 1. The lowest BCUT2D eigenvalue weighted by Gasteiger charge is -2.13. The lowest BCUT2D eigenvalue weighted by atomic mass is 10.1. The normalized spacial score (nSPS) is 12.6. The molecule has 0 spiro atoms. The number of carbonyl (C=O) groups excluding carboxylic acids is 1. The molecule has 1 atom stereocenters. The number of amides is 1. The first-order valence-electron chi connectivity index (χ1n) is 4.61. The summed E-state index contributed by atoms with van der Waals surface area (Å²) in [6.45, 7) is 4.01. The predicted octanol–water partition coefficient (Wildman–Crippen LogP) is 3.04. The minimum atomic E-state index is -0.136. The first-order valence-corrected chi connectivity index (χ1v) is 5.53. The van der Waals surface area contributed by atoms with Crippen molar-refractivity contribution in [2.45, 2.75) is 18.7 Å². The van der Waals surface area contributed by atoms with Crippen LogP contribution in [0.15, 0.2) is 30.3 Å². The molecule has 1 rings (SSSR count). The van der Waals surface area contributed by atoms with E-state index in [9.17, 15) is 4.79 Å². The number of alkyl halides is 1. The van der Waals surface area contributed by atoms with E-state index in [0.717, 1.165) is 5.69 Å². The highest BCUT2D eigenvalue weighted by molar-refractivity contribution is 9.10. The summed E-state index contributed by atoms with van der Waals surface area (Å²) in [4.78, 5) is 11.5. The molecule has 1 amide bonds. The molecule has 0 bridgehead atoms. The van der Waals surface area contributed by atoms with Gasteiger partial charge in [0.25, 0.3) is 0 Å². The fourth-order valence-electron chi connectivity index (χ4n) is 1.04. The van der Waals surface area contributed by atoms with E-state index < -0.39 is 0 Å². The van der Waals surface area contributed by atoms with E-state index in [2.05, 4.69) is 21.2 Å². The van der Waals surface area contributed by atoms with Crippen molar-refractivity contribution in [2.24, 2.45) is 5.92 Å². The van der Waals surface area contributed by atoms with Crippen molar-refractivity contribution in [3.8, 4) is 0 Å². The van der Waals surface area contributed by atoms with Gasteiger partial charge in [0.2, 0.25) is 5.91 Å². The van der Waals surface area contributed by atoms with Crippen LogP contribution in [0.25, 0.3) is 0 Å². The summed E-state index contributed by atoms with van der Waals surface area (Å²) in [6.07, 6.45) is 0. The maximum Gasteiger partial charge on any atom is 0.238 e. The number of anilines is 1. The van der Waals surface area contributed by atoms with Gasteiger partial charge in [0, 0.05) is 5.69 Å². The van der Waals surface area contributed by atoms with Crippen molar-refractivity contribution in [3.05, 3.63) is 30.3 Å². The number of para-hydroxylation sites is 1. The molecule has 0 aliphatic rings. The summed E-state index contributed by atoms with van der Waals surface area (Å²) in [6, 6.07) is 9.46. The van der Waals surface area contributed by atoms with E-state index in [1.54, 1.807) is 0 Å². The fourth-order valence-corrected chi connectivity index (χ4v) is 1.15. The molecule has 1 N–H and O–H groups in total. The molecule has 76 valence electrons. The van der Waals surface area contributed by atoms with Crippen molar-refractivity contribution in [1.82, 2.24) is 0 Å². The van der Waals surface area contributed by atoms with Gasteiger partial charge in [-0.05, 0) is 18.1 Å². The monoisotopic (exact) mass is 255 g/mol. The van der Waals surface area contributed by atoms with E-state index in [0.29, 0.717) is 5.92 Å². The second-order valence-electron chi connectivity index (χ2n) is 3.50. The Hall–Kier alpha value is -0.830. The van der Waals surface area contributed by atoms with E-state index in [-0.39, 0.29) is 10.7 Å². The van der Waals surface area contributed by atoms with Crippen LogP contribution in [-0.4, -0.2) is 10.7 Å². The smallest absolute Gasteiger partial charge is 0.238 e. The van der Waals surface area contributed by atoms with Gasteiger partial charge in [-0.1, -0.05) is 48.0 Å². The van der Waals surface area contributed by atoms with Crippen molar-refractivity contribution >= 4 is 27.5 Å². The van der Waals surface area contributed by atoms with Crippen LogP contribution in [0.2, 0.25) is 0 Å². The zero-order valence-electron chi connectivity index (χ0n) is 8.33. The number of nitrogens with one attached hydrogen (secondary N) is 1. The lowest BCUT2D eigenvalue weighted by molar-refractivity contribution is -0.116. The minimum Gasteiger partial charge on any atom is -0.325 e. The largest absolute Gasteiger partial charge is 0.325 e. The van der Waals surface area contributed by atoms with Gasteiger partial charge < -0.3 is 5.32 Å². The highest BCUT2D eigenvalue weighted by Crippen LogP contribution is 2.15.